The second-order valence-electron chi connectivity index (χ2n) is 5.20. The molecule has 0 bridgehead atoms. The smallest absolute Gasteiger partial charge is 0.347 e. The summed E-state index contributed by atoms with van der Waals surface area (Å²) in [6, 6.07) is 1.87. The van der Waals surface area contributed by atoms with Crippen LogP contribution in [-0.4, -0.2) is 30.3 Å². The molecule has 0 aliphatic carbocycles. The van der Waals surface area contributed by atoms with E-state index < -0.39 is 12.7 Å². The van der Waals surface area contributed by atoms with Crippen molar-refractivity contribution in [1.29, 1.82) is 0 Å². The number of rotatable bonds is 6. The number of nitrogens with two attached hydrogens (primary N) is 1. The van der Waals surface area contributed by atoms with Gasteiger partial charge >= 0.3 is 6.18 Å². The third kappa shape index (κ3) is 5.36. The first kappa shape index (κ1) is 16.8. The Labute approximate surface area is 118 Å². The molecule has 1 heterocycles. The van der Waals surface area contributed by atoms with E-state index >= 15 is 0 Å². The van der Waals surface area contributed by atoms with Crippen molar-refractivity contribution in [3.05, 3.63) is 23.4 Å². The summed E-state index contributed by atoms with van der Waals surface area (Å²) in [4.78, 5) is 5.49. The van der Waals surface area contributed by atoms with E-state index in [4.69, 9.17) is 5.73 Å². The number of alkyl halides is 3. The first-order valence-corrected chi connectivity index (χ1v) is 6.75. The minimum absolute atomic E-state index is 0.00368. The fourth-order valence-electron chi connectivity index (χ4n) is 2.19. The van der Waals surface area contributed by atoms with E-state index in [2.05, 4.69) is 4.98 Å². The average molecular weight is 289 g/mol. The molecule has 0 saturated heterocycles. The molecule has 0 fully saturated rings. The van der Waals surface area contributed by atoms with Gasteiger partial charge in [0.1, 0.15) is 12.4 Å². The number of aromatic nitrogens is 1. The van der Waals surface area contributed by atoms with Crippen LogP contribution in [0.4, 0.5) is 19.0 Å². The molecule has 0 saturated carbocycles. The predicted molar refractivity (Wildman–Crippen MR) is 74.9 cm³/mol. The Bertz CT molecular complexity index is 430. The lowest BCUT2D eigenvalue weighted by Crippen LogP contribution is -2.36. The Hall–Kier alpha value is -1.30. The van der Waals surface area contributed by atoms with Crippen LogP contribution in [0.15, 0.2) is 12.3 Å². The molecule has 0 aliphatic heterocycles. The molecule has 114 valence electrons. The highest BCUT2D eigenvalue weighted by Gasteiger charge is 2.31. The Balaban J connectivity index is 2.96. The summed E-state index contributed by atoms with van der Waals surface area (Å²) in [6.07, 6.45) is -1.31. The monoisotopic (exact) mass is 289 g/mol. The summed E-state index contributed by atoms with van der Waals surface area (Å²) in [5.41, 5.74) is 7.42. The molecule has 0 amide bonds. The van der Waals surface area contributed by atoms with Gasteiger partial charge in [0, 0.05) is 18.8 Å². The topological polar surface area (TPSA) is 42.2 Å². The van der Waals surface area contributed by atoms with E-state index in [0.29, 0.717) is 25.2 Å². The summed E-state index contributed by atoms with van der Waals surface area (Å²) in [6.45, 7) is 4.88. The van der Waals surface area contributed by atoms with E-state index in [-0.39, 0.29) is 6.04 Å². The number of halogens is 3. The second kappa shape index (κ2) is 6.92. The van der Waals surface area contributed by atoms with Crippen LogP contribution in [0.2, 0.25) is 0 Å². The fraction of sp³-hybridized carbons (Fsp3) is 0.643. The molecule has 0 radical (unpaired) electrons. The van der Waals surface area contributed by atoms with Crippen LogP contribution in [0.3, 0.4) is 0 Å². The molecule has 3 nitrogen and oxygen atoms in total. The van der Waals surface area contributed by atoms with Gasteiger partial charge in [-0.25, -0.2) is 4.98 Å². The number of hydrogen-bond acceptors (Lipinski definition) is 3. The van der Waals surface area contributed by atoms with Gasteiger partial charge in [-0.05, 0) is 37.8 Å². The van der Waals surface area contributed by atoms with Gasteiger partial charge in [0.25, 0.3) is 0 Å². The summed E-state index contributed by atoms with van der Waals surface area (Å²) in [7, 11) is 0. The molecule has 1 aromatic heterocycles. The summed E-state index contributed by atoms with van der Waals surface area (Å²) in [5, 5.41) is 0. The molecule has 1 aromatic rings. The minimum atomic E-state index is -4.23. The molecule has 1 unspecified atom stereocenters. The summed E-state index contributed by atoms with van der Waals surface area (Å²) >= 11 is 0. The number of nitrogens with zero attached hydrogens (tertiary/aromatic N) is 2. The molecular formula is C14H22F3N3. The molecule has 6 heteroatoms. The summed E-state index contributed by atoms with van der Waals surface area (Å²) < 4.78 is 37.8. The van der Waals surface area contributed by atoms with Crippen LogP contribution in [0.1, 0.15) is 31.4 Å². The highest BCUT2D eigenvalue weighted by Crippen LogP contribution is 2.24. The molecule has 1 rings (SSSR count). The van der Waals surface area contributed by atoms with E-state index in [0.717, 1.165) is 11.1 Å². The molecule has 0 spiro atoms. The quantitative estimate of drug-likeness (QED) is 0.875. The number of anilines is 1. The van der Waals surface area contributed by atoms with Crippen molar-refractivity contribution in [2.45, 2.75) is 45.8 Å². The van der Waals surface area contributed by atoms with Gasteiger partial charge in [0.2, 0.25) is 0 Å². The van der Waals surface area contributed by atoms with E-state index in [1.807, 2.05) is 19.9 Å². The minimum Gasteiger partial charge on any atom is -0.347 e. The molecule has 2 N–H and O–H groups in total. The predicted octanol–water partition coefficient (Wildman–Crippen LogP) is 3.06. The van der Waals surface area contributed by atoms with Crippen LogP contribution in [0, 0.1) is 6.92 Å². The Morgan fingerprint density at radius 1 is 1.40 bits per heavy atom. The van der Waals surface area contributed by atoms with Crippen molar-refractivity contribution < 1.29 is 13.2 Å². The number of aryl methyl sites for hydroxylation is 1. The lowest BCUT2D eigenvalue weighted by molar-refractivity contribution is -0.119. The highest BCUT2D eigenvalue weighted by molar-refractivity contribution is 5.47. The molecule has 20 heavy (non-hydrogen) atoms. The van der Waals surface area contributed by atoms with Gasteiger partial charge in [0.15, 0.2) is 0 Å². The van der Waals surface area contributed by atoms with Crippen molar-refractivity contribution in [3.8, 4) is 0 Å². The van der Waals surface area contributed by atoms with Crippen LogP contribution < -0.4 is 10.6 Å². The van der Waals surface area contributed by atoms with Gasteiger partial charge < -0.3 is 10.6 Å². The fourth-order valence-corrected chi connectivity index (χ4v) is 2.19. The van der Waals surface area contributed by atoms with Crippen molar-refractivity contribution in [2.75, 3.05) is 18.0 Å². The molecular weight excluding hydrogens is 267 g/mol. The lowest BCUT2D eigenvalue weighted by atomic mass is 10.1. The van der Waals surface area contributed by atoms with Crippen molar-refractivity contribution in [1.82, 2.24) is 4.98 Å². The van der Waals surface area contributed by atoms with E-state index in [9.17, 15) is 13.2 Å². The van der Waals surface area contributed by atoms with Gasteiger partial charge in [-0.15, -0.1) is 0 Å². The maximum Gasteiger partial charge on any atom is 0.405 e. The number of pyridine rings is 1. The van der Waals surface area contributed by atoms with Crippen LogP contribution in [-0.2, 0) is 6.42 Å². The van der Waals surface area contributed by atoms with Crippen LogP contribution in [0.5, 0.6) is 0 Å². The third-order valence-corrected chi connectivity index (χ3v) is 2.83. The van der Waals surface area contributed by atoms with Crippen LogP contribution in [0.25, 0.3) is 0 Å². The highest BCUT2D eigenvalue weighted by atomic mass is 19.4. The Morgan fingerprint density at radius 3 is 2.50 bits per heavy atom. The largest absolute Gasteiger partial charge is 0.405 e. The first-order chi connectivity index (χ1) is 9.23. The molecule has 0 aliphatic rings. The van der Waals surface area contributed by atoms with E-state index in [1.54, 1.807) is 13.1 Å². The Kier molecular flexibility index (Phi) is 5.80. The third-order valence-electron chi connectivity index (χ3n) is 2.83. The van der Waals surface area contributed by atoms with Gasteiger partial charge in [0.05, 0.1) is 0 Å². The van der Waals surface area contributed by atoms with Crippen molar-refractivity contribution in [2.24, 2.45) is 5.73 Å². The zero-order valence-electron chi connectivity index (χ0n) is 12.2. The molecule has 0 aromatic carbocycles. The van der Waals surface area contributed by atoms with Crippen molar-refractivity contribution in [3.63, 3.8) is 0 Å². The van der Waals surface area contributed by atoms with Gasteiger partial charge in [-0.1, -0.05) is 13.0 Å². The second-order valence-corrected chi connectivity index (χ2v) is 5.20. The molecule has 1 atom stereocenters. The number of hydrogen-bond donors (Lipinski definition) is 1. The normalized spacial score (nSPS) is 13.3. The zero-order chi connectivity index (χ0) is 15.3. The van der Waals surface area contributed by atoms with Gasteiger partial charge in [-0.2, -0.15) is 13.2 Å². The SMILES string of the molecule is CCCN(CC(F)(F)F)c1ncc(CC(C)N)cc1C. The van der Waals surface area contributed by atoms with E-state index in [1.165, 1.54) is 4.90 Å². The zero-order valence-corrected chi connectivity index (χ0v) is 12.2. The standard InChI is InChI=1S/C14H22F3N3/c1-4-5-20(9-14(15,16)17)13-10(2)6-12(8-19-13)7-11(3)18/h6,8,11H,4-5,7,9,18H2,1-3H3. The van der Waals surface area contributed by atoms with Gasteiger partial charge in [-0.3, -0.25) is 0 Å². The first-order valence-electron chi connectivity index (χ1n) is 6.75. The maximum absolute atomic E-state index is 12.6. The van der Waals surface area contributed by atoms with Crippen LogP contribution >= 0.6 is 0 Å². The Morgan fingerprint density at radius 2 is 2.05 bits per heavy atom. The van der Waals surface area contributed by atoms with Crippen molar-refractivity contribution >= 4 is 5.82 Å². The lowest BCUT2D eigenvalue weighted by Gasteiger charge is -2.26. The maximum atomic E-state index is 12.6. The summed E-state index contributed by atoms with van der Waals surface area (Å²) in [5.74, 6) is 0.401. The average Bonchev–Trinajstić information content (AvgIpc) is 2.25.